The first kappa shape index (κ1) is 18.3. The van der Waals surface area contributed by atoms with Crippen molar-refractivity contribution in [2.75, 3.05) is 13.7 Å². The third-order valence-corrected chi connectivity index (χ3v) is 5.69. The zero-order valence-electron chi connectivity index (χ0n) is 14.5. The summed E-state index contributed by atoms with van der Waals surface area (Å²) in [6.45, 7) is -0.463. The van der Waals surface area contributed by atoms with E-state index in [-0.39, 0.29) is 11.8 Å². The number of imide groups is 1. The lowest BCUT2D eigenvalue weighted by Crippen LogP contribution is -2.40. The van der Waals surface area contributed by atoms with E-state index in [1.54, 1.807) is 11.3 Å². The number of hydrogen-bond donors (Lipinski definition) is 2. The maximum absolute atomic E-state index is 12.5. The predicted molar refractivity (Wildman–Crippen MR) is 97.9 cm³/mol. The molecule has 26 heavy (non-hydrogen) atoms. The lowest BCUT2D eigenvalue weighted by Gasteiger charge is -2.28. The number of amides is 3. The molecule has 3 rings (SSSR count). The van der Waals surface area contributed by atoms with Gasteiger partial charge in [-0.3, -0.25) is 14.9 Å². The van der Waals surface area contributed by atoms with Gasteiger partial charge in [-0.15, -0.1) is 11.3 Å². The SMILES string of the molecule is CNC(=O)NC(=O)COC(=O)[C@H]1CCCC[C@@H]1c1nc2ccccc2s1. The quantitative estimate of drug-likeness (QED) is 0.801. The Labute approximate surface area is 155 Å². The molecule has 0 spiro atoms. The molecule has 1 aromatic heterocycles. The van der Waals surface area contributed by atoms with Gasteiger partial charge >= 0.3 is 12.0 Å². The molecule has 2 N–H and O–H groups in total. The summed E-state index contributed by atoms with van der Waals surface area (Å²) in [4.78, 5) is 39.9. The van der Waals surface area contributed by atoms with Gasteiger partial charge in [0.1, 0.15) is 0 Å². The van der Waals surface area contributed by atoms with E-state index >= 15 is 0 Å². The molecule has 1 aromatic carbocycles. The van der Waals surface area contributed by atoms with Gasteiger partial charge in [-0.1, -0.05) is 25.0 Å². The molecule has 1 saturated carbocycles. The number of carbonyl (C=O) groups is 3. The van der Waals surface area contributed by atoms with E-state index in [2.05, 4.69) is 10.6 Å². The molecule has 8 heteroatoms. The average molecular weight is 375 g/mol. The number of esters is 1. The monoisotopic (exact) mass is 375 g/mol. The first-order valence-electron chi connectivity index (χ1n) is 8.62. The Hall–Kier alpha value is -2.48. The van der Waals surface area contributed by atoms with Crippen LogP contribution in [0.15, 0.2) is 24.3 Å². The van der Waals surface area contributed by atoms with Crippen LogP contribution in [0.4, 0.5) is 4.79 Å². The Morgan fingerprint density at radius 3 is 2.77 bits per heavy atom. The molecule has 3 amide bonds. The summed E-state index contributed by atoms with van der Waals surface area (Å²) in [6.07, 6.45) is 3.59. The standard InChI is InChI=1S/C18H21N3O4S/c1-19-18(24)21-15(22)10-25-17(23)12-7-3-2-6-11(12)16-20-13-8-4-5-9-14(13)26-16/h4-5,8-9,11-12H,2-3,6-7,10H2,1H3,(H2,19,21,22,24)/t11-,12-/m0/s1. The highest BCUT2D eigenvalue weighted by Crippen LogP contribution is 2.41. The van der Waals surface area contributed by atoms with E-state index in [4.69, 9.17) is 9.72 Å². The third-order valence-electron chi connectivity index (χ3n) is 4.52. The summed E-state index contributed by atoms with van der Waals surface area (Å²) in [7, 11) is 1.40. The second kappa shape index (κ2) is 8.27. The number of benzene rings is 1. The number of thiazole rings is 1. The van der Waals surface area contributed by atoms with Gasteiger partial charge < -0.3 is 10.1 Å². The van der Waals surface area contributed by atoms with Gasteiger partial charge in [-0.05, 0) is 25.0 Å². The van der Waals surface area contributed by atoms with Crippen LogP contribution in [-0.4, -0.2) is 36.5 Å². The first-order chi connectivity index (χ1) is 12.6. The van der Waals surface area contributed by atoms with Crippen LogP contribution >= 0.6 is 11.3 Å². The highest BCUT2D eigenvalue weighted by Gasteiger charge is 2.35. The number of aromatic nitrogens is 1. The molecule has 1 aliphatic rings. The van der Waals surface area contributed by atoms with Crippen LogP contribution in [0.5, 0.6) is 0 Å². The Morgan fingerprint density at radius 1 is 1.23 bits per heavy atom. The minimum atomic E-state index is -0.648. The molecule has 1 aliphatic carbocycles. The molecular weight excluding hydrogens is 354 g/mol. The minimum absolute atomic E-state index is 0.00986. The van der Waals surface area contributed by atoms with Crippen LogP contribution in [-0.2, 0) is 14.3 Å². The van der Waals surface area contributed by atoms with Gasteiger partial charge in [0.05, 0.1) is 21.1 Å². The van der Waals surface area contributed by atoms with Crippen molar-refractivity contribution in [2.24, 2.45) is 5.92 Å². The van der Waals surface area contributed by atoms with Gasteiger partial charge in [0, 0.05) is 13.0 Å². The number of rotatable bonds is 4. The van der Waals surface area contributed by atoms with Crippen LogP contribution in [0.3, 0.4) is 0 Å². The van der Waals surface area contributed by atoms with E-state index in [1.807, 2.05) is 24.3 Å². The van der Waals surface area contributed by atoms with Crippen molar-refractivity contribution >= 4 is 39.5 Å². The maximum atomic E-state index is 12.5. The van der Waals surface area contributed by atoms with Crippen molar-refractivity contribution in [3.05, 3.63) is 29.3 Å². The predicted octanol–water partition coefficient (Wildman–Crippen LogP) is 2.57. The Kier molecular flexibility index (Phi) is 5.82. The Morgan fingerprint density at radius 2 is 2.00 bits per heavy atom. The Bertz CT molecular complexity index is 787. The molecule has 0 bridgehead atoms. The Balaban J connectivity index is 1.67. The van der Waals surface area contributed by atoms with Crippen molar-refractivity contribution in [3.63, 3.8) is 0 Å². The van der Waals surface area contributed by atoms with Crippen molar-refractivity contribution < 1.29 is 19.1 Å². The largest absolute Gasteiger partial charge is 0.455 e. The number of ether oxygens (including phenoxy) is 1. The molecular formula is C18H21N3O4S. The lowest BCUT2D eigenvalue weighted by atomic mass is 9.79. The summed E-state index contributed by atoms with van der Waals surface area (Å²) >= 11 is 1.61. The van der Waals surface area contributed by atoms with E-state index < -0.39 is 24.5 Å². The number of hydrogen-bond acceptors (Lipinski definition) is 6. The fourth-order valence-corrected chi connectivity index (χ4v) is 4.39. The normalized spacial score (nSPS) is 19.7. The molecule has 1 fully saturated rings. The van der Waals surface area contributed by atoms with E-state index in [0.717, 1.165) is 40.9 Å². The van der Waals surface area contributed by atoms with Crippen LogP contribution in [0.2, 0.25) is 0 Å². The van der Waals surface area contributed by atoms with Gasteiger partial charge in [0.25, 0.3) is 5.91 Å². The van der Waals surface area contributed by atoms with Gasteiger partial charge in [0.2, 0.25) is 0 Å². The van der Waals surface area contributed by atoms with E-state index in [9.17, 15) is 14.4 Å². The molecule has 0 radical (unpaired) electrons. The van der Waals surface area contributed by atoms with Crippen LogP contribution in [0.25, 0.3) is 10.2 Å². The molecule has 7 nitrogen and oxygen atoms in total. The zero-order valence-corrected chi connectivity index (χ0v) is 15.3. The van der Waals surface area contributed by atoms with Crippen LogP contribution in [0, 0.1) is 5.92 Å². The van der Waals surface area contributed by atoms with Crippen molar-refractivity contribution in [1.82, 2.24) is 15.6 Å². The van der Waals surface area contributed by atoms with Gasteiger partial charge in [-0.2, -0.15) is 0 Å². The van der Waals surface area contributed by atoms with Crippen LogP contribution in [0.1, 0.15) is 36.6 Å². The smallest absolute Gasteiger partial charge is 0.321 e. The fourth-order valence-electron chi connectivity index (χ4n) is 3.23. The summed E-state index contributed by atoms with van der Waals surface area (Å²) in [5.41, 5.74) is 0.940. The highest BCUT2D eigenvalue weighted by molar-refractivity contribution is 7.18. The summed E-state index contributed by atoms with van der Waals surface area (Å²) in [6, 6.07) is 7.28. The number of fused-ring (bicyclic) bond motifs is 1. The summed E-state index contributed by atoms with van der Waals surface area (Å²) < 4.78 is 6.26. The molecule has 0 saturated heterocycles. The number of para-hydroxylation sites is 1. The van der Waals surface area contributed by atoms with Gasteiger partial charge in [-0.25, -0.2) is 9.78 Å². The number of nitrogens with one attached hydrogen (secondary N) is 2. The molecule has 138 valence electrons. The third kappa shape index (κ3) is 4.19. The average Bonchev–Trinajstić information content (AvgIpc) is 3.10. The number of urea groups is 1. The molecule has 1 heterocycles. The lowest BCUT2D eigenvalue weighted by molar-refractivity contribution is -0.154. The second-order valence-electron chi connectivity index (χ2n) is 6.25. The van der Waals surface area contributed by atoms with Gasteiger partial charge in [0.15, 0.2) is 6.61 Å². The topological polar surface area (TPSA) is 97.4 Å². The van der Waals surface area contributed by atoms with E-state index in [1.165, 1.54) is 7.05 Å². The molecule has 2 aromatic rings. The molecule has 2 atom stereocenters. The van der Waals surface area contributed by atoms with Crippen molar-refractivity contribution in [3.8, 4) is 0 Å². The summed E-state index contributed by atoms with van der Waals surface area (Å²) in [5.74, 6) is -1.35. The first-order valence-corrected chi connectivity index (χ1v) is 9.44. The summed E-state index contributed by atoms with van der Waals surface area (Å²) in [5, 5.41) is 5.29. The highest BCUT2D eigenvalue weighted by atomic mass is 32.1. The molecule has 0 unspecified atom stereocenters. The number of nitrogens with zero attached hydrogens (tertiary/aromatic N) is 1. The van der Waals surface area contributed by atoms with E-state index in [0.29, 0.717) is 0 Å². The van der Waals surface area contributed by atoms with Crippen LogP contribution < -0.4 is 10.6 Å². The molecule has 0 aliphatic heterocycles. The fraction of sp³-hybridized carbons (Fsp3) is 0.444. The zero-order chi connectivity index (χ0) is 18.5. The minimum Gasteiger partial charge on any atom is -0.455 e. The maximum Gasteiger partial charge on any atom is 0.321 e. The van der Waals surface area contributed by atoms with Crippen molar-refractivity contribution in [1.29, 1.82) is 0 Å². The number of carbonyl (C=O) groups excluding carboxylic acids is 3. The second-order valence-corrected chi connectivity index (χ2v) is 7.31. The van der Waals surface area contributed by atoms with Crippen molar-refractivity contribution in [2.45, 2.75) is 31.6 Å².